The van der Waals surface area contributed by atoms with Crippen LogP contribution in [-0.2, 0) is 4.79 Å². The van der Waals surface area contributed by atoms with Gasteiger partial charge in [0.05, 0.1) is 11.6 Å². The van der Waals surface area contributed by atoms with Gasteiger partial charge in [0.2, 0.25) is 0 Å². The molecule has 1 aliphatic carbocycles. The highest BCUT2D eigenvalue weighted by Crippen LogP contribution is 2.41. The molecule has 1 atom stereocenters. The van der Waals surface area contributed by atoms with Crippen LogP contribution in [0.15, 0.2) is 76.7 Å². The number of aromatic nitrogens is 1. The van der Waals surface area contributed by atoms with Crippen molar-refractivity contribution in [2.75, 3.05) is 11.4 Å². The third-order valence-electron chi connectivity index (χ3n) is 7.33. The van der Waals surface area contributed by atoms with Crippen molar-refractivity contribution in [2.24, 2.45) is 5.92 Å². The number of ketones is 1. The maximum atomic E-state index is 13.7. The van der Waals surface area contributed by atoms with Crippen LogP contribution in [0.2, 0.25) is 0 Å². The maximum Gasteiger partial charge on any atom is 0.405 e. The summed E-state index contributed by atoms with van der Waals surface area (Å²) in [7, 11) is 0. The number of rotatable bonds is 7. The van der Waals surface area contributed by atoms with Gasteiger partial charge in [0.25, 0.3) is 11.8 Å². The lowest BCUT2D eigenvalue weighted by Gasteiger charge is -2.35. The Labute approximate surface area is 227 Å². The number of halogens is 3. The summed E-state index contributed by atoms with van der Waals surface area (Å²) in [5, 5.41) is 16.7. The number of aliphatic hydroxyl groups excluding tert-OH is 1. The van der Waals surface area contributed by atoms with Crippen LogP contribution in [0.3, 0.4) is 0 Å². The minimum atomic E-state index is -4.55. The summed E-state index contributed by atoms with van der Waals surface area (Å²) in [5.74, 6) is -2.89. The standard InChI is InChI=1S/C29H26F3N3O5/c30-29(31,32)16-33-27(38)20-8-6-19(7-9-20)25(36)23-24(18-4-2-1-3-5-18)35(28(39)26(23)37)21-12-10-17(11-13-21)22-14-15-40-34-22/h6-15,18,24,37H,1-5,16H2,(H,33,38). The van der Waals surface area contributed by atoms with E-state index in [-0.39, 0.29) is 22.6 Å². The van der Waals surface area contributed by atoms with Crippen LogP contribution in [0.5, 0.6) is 0 Å². The molecule has 0 bridgehead atoms. The summed E-state index contributed by atoms with van der Waals surface area (Å²) < 4.78 is 42.2. The number of benzene rings is 2. The van der Waals surface area contributed by atoms with Crippen molar-refractivity contribution in [3.8, 4) is 11.3 Å². The quantitative estimate of drug-likeness (QED) is 0.367. The Hall–Kier alpha value is -4.41. The van der Waals surface area contributed by atoms with Gasteiger partial charge in [-0.2, -0.15) is 13.2 Å². The lowest BCUT2D eigenvalue weighted by Crippen LogP contribution is -2.42. The molecule has 0 radical (unpaired) electrons. The number of carbonyl (C=O) groups excluding carboxylic acids is 3. The molecule has 2 aliphatic rings. The molecular weight excluding hydrogens is 527 g/mol. The molecule has 1 aromatic heterocycles. The number of hydrogen-bond donors (Lipinski definition) is 2. The average molecular weight is 554 g/mol. The number of nitrogens with zero attached hydrogens (tertiary/aromatic N) is 2. The van der Waals surface area contributed by atoms with Crippen LogP contribution < -0.4 is 10.2 Å². The lowest BCUT2D eigenvalue weighted by atomic mass is 9.79. The number of anilines is 1. The summed E-state index contributed by atoms with van der Waals surface area (Å²) >= 11 is 0. The number of hydrogen-bond acceptors (Lipinski definition) is 6. The molecule has 2 amide bonds. The van der Waals surface area contributed by atoms with E-state index >= 15 is 0 Å². The molecule has 5 rings (SSSR count). The number of Topliss-reactive ketones (excluding diaryl/α,β-unsaturated/α-hetero) is 1. The van der Waals surface area contributed by atoms with E-state index in [0.717, 1.165) is 37.7 Å². The molecule has 0 spiro atoms. The summed E-state index contributed by atoms with van der Waals surface area (Å²) in [6.07, 6.45) is 1.34. The van der Waals surface area contributed by atoms with E-state index in [4.69, 9.17) is 4.52 Å². The maximum absolute atomic E-state index is 13.7. The largest absolute Gasteiger partial charge is 0.503 e. The predicted octanol–water partition coefficient (Wildman–Crippen LogP) is 5.62. The molecule has 2 aromatic carbocycles. The summed E-state index contributed by atoms with van der Waals surface area (Å²) in [6.45, 7) is -1.48. The second-order valence-corrected chi connectivity index (χ2v) is 9.92. The van der Waals surface area contributed by atoms with Gasteiger partial charge in [0, 0.05) is 28.4 Å². The highest BCUT2D eigenvalue weighted by atomic mass is 19.4. The fourth-order valence-electron chi connectivity index (χ4n) is 5.41. The molecular formula is C29H26F3N3O5. The van der Waals surface area contributed by atoms with Crippen LogP contribution >= 0.6 is 0 Å². The predicted molar refractivity (Wildman–Crippen MR) is 139 cm³/mol. The zero-order valence-electron chi connectivity index (χ0n) is 21.3. The molecule has 1 aliphatic heterocycles. The van der Waals surface area contributed by atoms with Crippen LogP contribution in [0.4, 0.5) is 18.9 Å². The Kier molecular flexibility index (Phi) is 7.46. The second-order valence-electron chi connectivity index (χ2n) is 9.92. The van der Waals surface area contributed by atoms with Gasteiger partial charge in [-0.25, -0.2) is 0 Å². The Morgan fingerprint density at radius 2 is 1.62 bits per heavy atom. The molecule has 2 heterocycles. The lowest BCUT2D eigenvalue weighted by molar-refractivity contribution is -0.123. The first kappa shape index (κ1) is 27.2. The van der Waals surface area contributed by atoms with Crippen LogP contribution in [-0.4, -0.2) is 46.6 Å². The third kappa shape index (κ3) is 5.49. The molecule has 1 unspecified atom stereocenters. The summed E-state index contributed by atoms with van der Waals surface area (Å²) in [4.78, 5) is 40.7. The van der Waals surface area contributed by atoms with Gasteiger partial charge in [-0.1, -0.05) is 48.7 Å². The molecule has 208 valence electrons. The minimum Gasteiger partial charge on any atom is -0.503 e. The number of aliphatic hydroxyl groups is 1. The van der Waals surface area contributed by atoms with Gasteiger partial charge in [-0.15, -0.1) is 0 Å². The summed E-state index contributed by atoms with van der Waals surface area (Å²) in [6, 6.07) is 13.1. The van der Waals surface area contributed by atoms with Crippen molar-refractivity contribution in [2.45, 2.75) is 44.3 Å². The van der Waals surface area contributed by atoms with Gasteiger partial charge in [-0.05, 0) is 43.0 Å². The Morgan fingerprint density at radius 1 is 0.975 bits per heavy atom. The summed E-state index contributed by atoms with van der Waals surface area (Å²) in [5.41, 5.74) is 1.93. The Balaban J connectivity index is 1.43. The zero-order chi connectivity index (χ0) is 28.4. The van der Waals surface area contributed by atoms with Crippen molar-refractivity contribution in [1.29, 1.82) is 0 Å². The van der Waals surface area contributed by atoms with Gasteiger partial charge in [-0.3, -0.25) is 19.3 Å². The first-order valence-electron chi connectivity index (χ1n) is 12.9. The first-order valence-corrected chi connectivity index (χ1v) is 12.9. The van der Waals surface area contributed by atoms with Gasteiger partial charge in [0.15, 0.2) is 11.5 Å². The van der Waals surface area contributed by atoms with Crippen molar-refractivity contribution < 1.29 is 37.2 Å². The first-order chi connectivity index (χ1) is 19.1. The van der Waals surface area contributed by atoms with Crippen molar-refractivity contribution in [3.63, 3.8) is 0 Å². The van der Waals surface area contributed by atoms with Gasteiger partial charge in [0.1, 0.15) is 18.5 Å². The Bertz CT molecular complexity index is 1430. The van der Waals surface area contributed by atoms with Crippen LogP contribution in [0.1, 0.15) is 52.8 Å². The topological polar surface area (TPSA) is 113 Å². The molecule has 40 heavy (non-hydrogen) atoms. The average Bonchev–Trinajstić information content (AvgIpc) is 3.59. The molecule has 3 aromatic rings. The zero-order valence-corrected chi connectivity index (χ0v) is 21.3. The normalized spacial score (nSPS) is 18.3. The molecule has 1 saturated carbocycles. The SMILES string of the molecule is O=C(NCC(F)(F)F)c1ccc(C(=O)C2=C(O)C(=O)N(c3ccc(-c4ccon4)cc3)C2C2CCCCC2)cc1. The van der Waals surface area contributed by atoms with Crippen molar-refractivity contribution in [1.82, 2.24) is 10.5 Å². The van der Waals surface area contributed by atoms with E-state index in [1.54, 1.807) is 35.6 Å². The molecule has 1 fully saturated rings. The number of amides is 2. The van der Waals surface area contributed by atoms with Gasteiger partial charge < -0.3 is 14.9 Å². The van der Waals surface area contributed by atoms with E-state index in [0.29, 0.717) is 11.4 Å². The molecule has 8 nitrogen and oxygen atoms in total. The second kappa shape index (κ2) is 11.0. The number of nitrogens with one attached hydrogen (secondary N) is 1. The van der Waals surface area contributed by atoms with Gasteiger partial charge >= 0.3 is 6.18 Å². The number of alkyl halides is 3. The molecule has 0 saturated heterocycles. The van der Waals surface area contributed by atoms with E-state index < -0.39 is 42.1 Å². The third-order valence-corrected chi connectivity index (χ3v) is 7.33. The van der Waals surface area contributed by atoms with E-state index in [1.807, 2.05) is 0 Å². The Morgan fingerprint density at radius 3 is 2.23 bits per heavy atom. The number of carbonyl (C=O) groups is 3. The van der Waals surface area contributed by atoms with Crippen LogP contribution in [0.25, 0.3) is 11.3 Å². The monoisotopic (exact) mass is 553 g/mol. The molecule has 2 N–H and O–H groups in total. The fourth-order valence-corrected chi connectivity index (χ4v) is 5.41. The highest BCUT2D eigenvalue weighted by molar-refractivity contribution is 6.21. The van der Waals surface area contributed by atoms with E-state index in [2.05, 4.69) is 5.16 Å². The van der Waals surface area contributed by atoms with Crippen molar-refractivity contribution >= 4 is 23.3 Å². The fraction of sp³-hybridized carbons (Fsp3) is 0.310. The van der Waals surface area contributed by atoms with E-state index in [9.17, 15) is 32.7 Å². The highest BCUT2D eigenvalue weighted by Gasteiger charge is 2.47. The van der Waals surface area contributed by atoms with Crippen LogP contribution in [0, 0.1) is 5.92 Å². The minimum absolute atomic E-state index is 0.0215. The smallest absolute Gasteiger partial charge is 0.405 e. The van der Waals surface area contributed by atoms with Crippen molar-refractivity contribution in [3.05, 3.63) is 83.3 Å². The van der Waals surface area contributed by atoms with E-state index in [1.165, 1.54) is 35.4 Å². The molecule has 11 heteroatoms.